The van der Waals surface area contributed by atoms with Crippen molar-refractivity contribution in [2.75, 3.05) is 37.7 Å². The molecule has 0 atom stereocenters. The number of carboxylic acids is 1. The Bertz CT molecular complexity index is 651. The molecule has 1 amide bonds. The summed E-state index contributed by atoms with van der Waals surface area (Å²) in [6, 6.07) is 3.34. The van der Waals surface area contributed by atoms with E-state index in [-0.39, 0.29) is 17.1 Å². The van der Waals surface area contributed by atoms with Crippen LogP contribution in [0.25, 0.3) is 0 Å². The average molecular weight is 361 g/mol. The number of aromatic carboxylic acids is 1. The monoisotopic (exact) mass is 361 g/mol. The SMILES string of the molecule is CC(C)CN1CC2(CCN(c3ccc(C(=O)O)cn3)CC2)OCCC1=O. The second-order valence-electron chi connectivity index (χ2n) is 7.65. The molecule has 0 radical (unpaired) electrons. The van der Waals surface area contributed by atoms with E-state index in [1.165, 1.54) is 6.20 Å². The van der Waals surface area contributed by atoms with E-state index in [0.29, 0.717) is 25.5 Å². The van der Waals surface area contributed by atoms with Gasteiger partial charge in [0.2, 0.25) is 5.91 Å². The number of piperidine rings is 1. The Morgan fingerprint density at radius 1 is 1.35 bits per heavy atom. The predicted octanol–water partition coefficient (Wildman–Crippen LogP) is 2.02. The van der Waals surface area contributed by atoms with Gasteiger partial charge in [0.05, 0.1) is 24.2 Å². The normalized spacial score (nSPS) is 20.5. The second kappa shape index (κ2) is 7.61. The van der Waals surface area contributed by atoms with E-state index in [1.54, 1.807) is 12.1 Å². The molecule has 2 aliphatic rings. The lowest BCUT2D eigenvalue weighted by Crippen LogP contribution is -2.52. The number of ether oxygens (including phenoxy) is 1. The Hall–Kier alpha value is -2.15. The summed E-state index contributed by atoms with van der Waals surface area (Å²) in [5, 5.41) is 8.98. The fourth-order valence-electron chi connectivity index (χ4n) is 3.75. The quantitative estimate of drug-likeness (QED) is 0.883. The van der Waals surface area contributed by atoms with Crippen LogP contribution in [0.15, 0.2) is 18.3 Å². The van der Waals surface area contributed by atoms with E-state index in [0.717, 1.165) is 38.3 Å². The lowest BCUT2D eigenvalue weighted by molar-refractivity contribution is -0.132. The molecule has 0 aliphatic carbocycles. The number of pyridine rings is 1. The van der Waals surface area contributed by atoms with Crippen LogP contribution in [-0.4, -0.2) is 65.3 Å². The zero-order chi connectivity index (χ0) is 18.7. The van der Waals surface area contributed by atoms with Crippen LogP contribution in [0.5, 0.6) is 0 Å². The molecule has 7 nitrogen and oxygen atoms in total. The first kappa shape index (κ1) is 18.6. The van der Waals surface area contributed by atoms with Gasteiger partial charge in [0.1, 0.15) is 5.82 Å². The number of rotatable bonds is 4. The summed E-state index contributed by atoms with van der Waals surface area (Å²) in [6.07, 6.45) is 3.51. The molecule has 3 heterocycles. The first-order valence-electron chi connectivity index (χ1n) is 9.25. The molecule has 2 fully saturated rings. The summed E-state index contributed by atoms with van der Waals surface area (Å²) in [4.78, 5) is 31.7. The second-order valence-corrected chi connectivity index (χ2v) is 7.65. The van der Waals surface area contributed by atoms with Crippen molar-refractivity contribution in [3.05, 3.63) is 23.9 Å². The summed E-state index contributed by atoms with van der Waals surface area (Å²) in [7, 11) is 0. The molecular formula is C19H27N3O4. The van der Waals surface area contributed by atoms with E-state index >= 15 is 0 Å². The third-order valence-corrected chi connectivity index (χ3v) is 5.13. The van der Waals surface area contributed by atoms with Crippen LogP contribution < -0.4 is 4.90 Å². The highest BCUT2D eigenvalue weighted by Crippen LogP contribution is 2.32. The average Bonchev–Trinajstić information content (AvgIpc) is 2.75. The molecule has 1 aromatic rings. The number of nitrogens with zero attached hydrogens (tertiary/aromatic N) is 3. The number of hydrogen-bond donors (Lipinski definition) is 1. The van der Waals surface area contributed by atoms with Gasteiger partial charge in [-0.05, 0) is 30.9 Å². The third kappa shape index (κ3) is 4.15. The van der Waals surface area contributed by atoms with Crippen LogP contribution in [0.3, 0.4) is 0 Å². The first-order chi connectivity index (χ1) is 12.4. The highest BCUT2D eigenvalue weighted by molar-refractivity contribution is 5.87. The maximum Gasteiger partial charge on any atom is 0.337 e. The fourth-order valence-corrected chi connectivity index (χ4v) is 3.75. The van der Waals surface area contributed by atoms with Gasteiger partial charge in [0.25, 0.3) is 0 Å². The molecule has 2 saturated heterocycles. The minimum atomic E-state index is -0.969. The minimum Gasteiger partial charge on any atom is -0.478 e. The van der Waals surface area contributed by atoms with E-state index in [4.69, 9.17) is 9.84 Å². The molecule has 1 aromatic heterocycles. The molecule has 1 N–H and O–H groups in total. The van der Waals surface area contributed by atoms with E-state index < -0.39 is 5.97 Å². The molecule has 7 heteroatoms. The standard InChI is InChI=1S/C19H27N3O4/c1-14(2)12-22-13-19(26-10-5-17(22)23)6-8-21(9-7-19)16-4-3-15(11-20-16)18(24)25/h3-4,11,14H,5-10,12-13H2,1-2H3,(H,24,25). The summed E-state index contributed by atoms with van der Waals surface area (Å²) in [6.45, 7) is 7.72. The zero-order valence-electron chi connectivity index (χ0n) is 15.5. The molecule has 1 spiro atoms. The summed E-state index contributed by atoms with van der Waals surface area (Å²) in [5.41, 5.74) is -0.0874. The largest absolute Gasteiger partial charge is 0.478 e. The van der Waals surface area contributed by atoms with Crippen molar-refractivity contribution in [3.8, 4) is 0 Å². The predicted molar refractivity (Wildman–Crippen MR) is 97.4 cm³/mol. The van der Waals surface area contributed by atoms with Gasteiger partial charge in [-0.2, -0.15) is 0 Å². The number of hydrogen-bond acceptors (Lipinski definition) is 5. The van der Waals surface area contributed by atoms with Crippen molar-refractivity contribution in [2.45, 2.75) is 38.7 Å². The molecule has 0 aromatic carbocycles. The van der Waals surface area contributed by atoms with E-state index in [2.05, 4.69) is 23.7 Å². The van der Waals surface area contributed by atoms with Crippen LogP contribution in [0, 0.1) is 5.92 Å². The van der Waals surface area contributed by atoms with Gasteiger partial charge in [0.15, 0.2) is 0 Å². The highest BCUT2D eigenvalue weighted by Gasteiger charge is 2.40. The number of amides is 1. The van der Waals surface area contributed by atoms with Gasteiger partial charge >= 0.3 is 5.97 Å². The molecule has 3 rings (SSSR count). The zero-order valence-corrected chi connectivity index (χ0v) is 15.5. The smallest absolute Gasteiger partial charge is 0.337 e. The molecule has 26 heavy (non-hydrogen) atoms. The Morgan fingerprint density at radius 2 is 2.08 bits per heavy atom. The van der Waals surface area contributed by atoms with Gasteiger partial charge in [0, 0.05) is 32.4 Å². The van der Waals surface area contributed by atoms with Crippen LogP contribution in [-0.2, 0) is 9.53 Å². The van der Waals surface area contributed by atoms with Crippen LogP contribution >= 0.6 is 0 Å². The maximum atomic E-state index is 12.3. The van der Waals surface area contributed by atoms with Gasteiger partial charge in [-0.25, -0.2) is 9.78 Å². The number of aromatic nitrogens is 1. The molecule has 0 saturated carbocycles. The number of carboxylic acid groups (broad SMARTS) is 1. The molecule has 0 unspecified atom stereocenters. The minimum absolute atomic E-state index is 0.184. The Kier molecular flexibility index (Phi) is 5.46. The molecule has 142 valence electrons. The summed E-state index contributed by atoms with van der Waals surface area (Å²) >= 11 is 0. The Morgan fingerprint density at radius 3 is 2.65 bits per heavy atom. The summed E-state index contributed by atoms with van der Waals surface area (Å²) < 4.78 is 6.16. The van der Waals surface area contributed by atoms with E-state index in [9.17, 15) is 9.59 Å². The maximum absolute atomic E-state index is 12.3. The Balaban J connectivity index is 1.66. The third-order valence-electron chi connectivity index (χ3n) is 5.13. The summed E-state index contributed by atoms with van der Waals surface area (Å²) in [5.74, 6) is 0.437. The number of anilines is 1. The number of carbonyl (C=O) groups is 2. The van der Waals surface area contributed by atoms with Crippen molar-refractivity contribution >= 4 is 17.7 Å². The van der Waals surface area contributed by atoms with Crippen LogP contribution in [0.4, 0.5) is 5.82 Å². The van der Waals surface area contributed by atoms with Crippen LogP contribution in [0.1, 0.15) is 43.5 Å². The van der Waals surface area contributed by atoms with Crippen molar-refractivity contribution in [1.82, 2.24) is 9.88 Å². The van der Waals surface area contributed by atoms with Gasteiger partial charge < -0.3 is 19.6 Å². The van der Waals surface area contributed by atoms with Gasteiger partial charge in [-0.3, -0.25) is 4.79 Å². The van der Waals surface area contributed by atoms with Gasteiger partial charge in [-0.1, -0.05) is 13.8 Å². The topological polar surface area (TPSA) is 83.0 Å². The first-order valence-corrected chi connectivity index (χ1v) is 9.25. The lowest BCUT2D eigenvalue weighted by atomic mass is 9.90. The molecule has 0 bridgehead atoms. The van der Waals surface area contributed by atoms with Crippen molar-refractivity contribution in [1.29, 1.82) is 0 Å². The van der Waals surface area contributed by atoms with Crippen LogP contribution in [0.2, 0.25) is 0 Å². The van der Waals surface area contributed by atoms with E-state index in [1.807, 2.05) is 4.90 Å². The fraction of sp³-hybridized carbons (Fsp3) is 0.632. The highest BCUT2D eigenvalue weighted by atomic mass is 16.5. The molecule has 2 aliphatic heterocycles. The Labute approximate surface area is 153 Å². The molecular weight excluding hydrogens is 334 g/mol. The number of carbonyl (C=O) groups excluding carboxylic acids is 1. The van der Waals surface area contributed by atoms with Crippen molar-refractivity contribution in [2.24, 2.45) is 5.92 Å². The van der Waals surface area contributed by atoms with Crippen molar-refractivity contribution in [3.63, 3.8) is 0 Å². The van der Waals surface area contributed by atoms with Gasteiger partial charge in [-0.15, -0.1) is 0 Å². The van der Waals surface area contributed by atoms with Crippen molar-refractivity contribution < 1.29 is 19.4 Å². The lowest BCUT2D eigenvalue weighted by Gasteiger charge is -2.43.